The van der Waals surface area contributed by atoms with E-state index in [1.165, 1.54) is 5.56 Å². The molecule has 1 heterocycles. The Morgan fingerprint density at radius 2 is 1.94 bits per heavy atom. The van der Waals surface area contributed by atoms with Crippen molar-refractivity contribution >= 4 is 5.69 Å². The number of nitrogens with one attached hydrogen (secondary N) is 1. The maximum absolute atomic E-state index is 13.4. The Balaban J connectivity index is 2.25. The van der Waals surface area contributed by atoms with Crippen LogP contribution in [0.15, 0.2) is 18.2 Å². The molecule has 18 heavy (non-hydrogen) atoms. The predicted molar refractivity (Wildman–Crippen MR) is 73.6 cm³/mol. The summed E-state index contributed by atoms with van der Waals surface area (Å²) >= 11 is 0. The van der Waals surface area contributed by atoms with Gasteiger partial charge in [-0.05, 0) is 24.6 Å². The standard InChI is InChI=1S/C14H22FN3/c1-11(18-8-6-16-7-9-18)13-5-4-12(15)10-14(13)17(2)3/h4-5,10-11,16H,6-9H2,1-3H3. The molecule has 0 radical (unpaired) electrons. The third kappa shape index (κ3) is 2.82. The average molecular weight is 251 g/mol. The van der Waals surface area contributed by atoms with Crippen molar-refractivity contribution in [3.05, 3.63) is 29.6 Å². The lowest BCUT2D eigenvalue weighted by molar-refractivity contribution is 0.186. The number of hydrogen-bond donors (Lipinski definition) is 1. The van der Waals surface area contributed by atoms with Crippen molar-refractivity contribution in [2.75, 3.05) is 45.2 Å². The number of rotatable bonds is 3. The molecule has 1 saturated heterocycles. The highest BCUT2D eigenvalue weighted by Gasteiger charge is 2.21. The minimum Gasteiger partial charge on any atom is -0.377 e. The first-order chi connectivity index (χ1) is 8.59. The predicted octanol–water partition coefficient (Wildman–Crippen LogP) is 1.86. The second kappa shape index (κ2) is 5.67. The molecule has 1 aromatic carbocycles. The van der Waals surface area contributed by atoms with E-state index >= 15 is 0 Å². The van der Waals surface area contributed by atoms with Gasteiger partial charge in [0, 0.05) is 52.0 Å². The molecule has 1 aliphatic heterocycles. The third-order valence-corrected chi connectivity index (χ3v) is 3.62. The Kier molecular flexibility index (Phi) is 4.19. The lowest BCUT2D eigenvalue weighted by atomic mass is 10.0. The van der Waals surface area contributed by atoms with Crippen LogP contribution in [-0.4, -0.2) is 45.2 Å². The van der Waals surface area contributed by atoms with Crippen molar-refractivity contribution in [2.45, 2.75) is 13.0 Å². The second-order valence-electron chi connectivity index (χ2n) is 5.06. The van der Waals surface area contributed by atoms with Crippen molar-refractivity contribution in [3.8, 4) is 0 Å². The van der Waals surface area contributed by atoms with Gasteiger partial charge < -0.3 is 10.2 Å². The van der Waals surface area contributed by atoms with Gasteiger partial charge in [-0.2, -0.15) is 0 Å². The van der Waals surface area contributed by atoms with E-state index in [-0.39, 0.29) is 5.82 Å². The number of nitrogens with zero attached hydrogens (tertiary/aromatic N) is 2. The van der Waals surface area contributed by atoms with Crippen LogP contribution in [0.3, 0.4) is 0 Å². The number of piperazine rings is 1. The highest BCUT2D eigenvalue weighted by atomic mass is 19.1. The van der Waals surface area contributed by atoms with Gasteiger partial charge in [-0.25, -0.2) is 4.39 Å². The molecule has 1 unspecified atom stereocenters. The average Bonchev–Trinajstić information content (AvgIpc) is 2.39. The molecule has 1 aliphatic rings. The highest BCUT2D eigenvalue weighted by molar-refractivity contribution is 5.54. The number of anilines is 1. The smallest absolute Gasteiger partial charge is 0.125 e. The van der Waals surface area contributed by atoms with E-state index in [0.29, 0.717) is 6.04 Å². The topological polar surface area (TPSA) is 18.5 Å². The summed E-state index contributed by atoms with van der Waals surface area (Å²) in [5.74, 6) is -0.171. The third-order valence-electron chi connectivity index (χ3n) is 3.62. The van der Waals surface area contributed by atoms with Gasteiger partial charge in [0.2, 0.25) is 0 Å². The van der Waals surface area contributed by atoms with E-state index in [1.54, 1.807) is 12.1 Å². The van der Waals surface area contributed by atoms with Gasteiger partial charge in [-0.3, -0.25) is 4.90 Å². The molecule has 1 aromatic rings. The Morgan fingerprint density at radius 1 is 1.28 bits per heavy atom. The monoisotopic (exact) mass is 251 g/mol. The molecule has 1 atom stereocenters. The van der Waals surface area contributed by atoms with Crippen LogP contribution < -0.4 is 10.2 Å². The van der Waals surface area contributed by atoms with E-state index in [4.69, 9.17) is 0 Å². The van der Waals surface area contributed by atoms with E-state index < -0.39 is 0 Å². The minimum absolute atomic E-state index is 0.171. The lowest BCUT2D eigenvalue weighted by Crippen LogP contribution is -2.44. The molecule has 0 amide bonds. The Labute approximate surface area is 109 Å². The number of hydrogen-bond acceptors (Lipinski definition) is 3. The molecular formula is C14H22FN3. The molecule has 1 N–H and O–H groups in total. The summed E-state index contributed by atoms with van der Waals surface area (Å²) < 4.78 is 13.4. The van der Waals surface area contributed by atoms with Crippen LogP contribution in [-0.2, 0) is 0 Å². The van der Waals surface area contributed by atoms with Crippen LogP contribution in [0.2, 0.25) is 0 Å². The summed E-state index contributed by atoms with van der Waals surface area (Å²) in [6.07, 6.45) is 0. The van der Waals surface area contributed by atoms with E-state index in [9.17, 15) is 4.39 Å². The van der Waals surface area contributed by atoms with E-state index in [2.05, 4.69) is 17.1 Å². The molecule has 1 fully saturated rings. The van der Waals surface area contributed by atoms with Crippen LogP contribution in [0, 0.1) is 5.82 Å². The van der Waals surface area contributed by atoms with E-state index in [1.807, 2.05) is 25.1 Å². The molecule has 2 rings (SSSR count). The van der Waals surface area contributed by atoms with Gasteiger partial charge in [0.15, 0.2) is 0 Å². The first-order valence-electron chi connectivity index (χ1n) is 6.51. The fourth-order valence-corrected chi connectivity index (χ4v) is 2.52. The molecule has 0 bridgehead atoms. The Hall–Kier alpha value is -1.13. The summed E-state index contributed by atoms with van der Waals surface area (Å²) in [6.45, 7) is 6.36. The van der Waals surface area contributed by atoms with Crippen LogP contribution >= 0.6 is 0 Å². The molecular weight excluding hydrogens is 229 g/mol. The fourth-order valence-electron chi connectivity index (χ4n) is 2.52. The Morgan fingerprint density at radius 3 is 2.56 bits per heavy atom. The van der Waals surface area contributed by atoms with Gasteiger partial charge in [0.25, 0.3) is 0 Å². The number of benzene rings is 1. The van der Waals surface area contributed by atoms with Gasteiger partial charge >= 0.3 is 0 Å². The van der Waals surface area contributed by atoms with Crippen molar-refractivity contribution in [1.82, 2.24) is 10.2 Å². The normalized spacial score (nSPS) is 18.7. The minimum atomic E-state index is -0.171. The zero-order valence-electron chi connectivity index (χ0n) is 11.4. The van der Waals surface area contributed by atoms with Gasteiger partial charge in [-0.15, -0.1) is 0 Å². The fraction of sp³-hybridized carbons (Fsp3) is 0.571. The molecule has 4 heteroatoms. The summed E-state index contributed by atoms with van der Waals surface area (Å²) in [7, 11) is 3.92. The van der Waals surface area contributed by atoms with Gasteiger partial charge in [0.1, 0.15) is 5.82 Å². The van der Waals surface area contributed by atoms with Crippen molar-refractivity contribution in [3.63, 3.8) is 0 Å². The second-order valence-corrected chi connectivity index (χ2v) is 5.06. The lowest BCUT2D eigenvalue weighted by Gasteiger charge is -2.34. The van der Waals surface area contributed by atoms with E-state index in [0.717, 1.165) is 31.9 Å². The summed E-state index contributed by atoms with van der Waals surface area (Å²) in [5, 5.41) is 3.36. The zero-order chi connectivity index (χ0) is 13.1. The molecule has 100 valence electrons. The molecule has 0 spiro atoms. The van der Waals surface area contributed by atoms with Gasteiger partial charge in [-0.1, -0.05) is 6.07 Å². The molecule has 3 nitrogen and oxygen atoms in total. The van der Waals surface area contributed by atoms with Crippen molar-refractivity contribution in [2.24, 2.45) is 0 Å². The van der Waals surface area contributed by atoms with Gasteiger partial charge in [0.05, 0.1) is 0 Å². The van der Waals surface area contributed by atoms with Crippen LogP contribution in [0.5, 0.6) is 0 Å². The Bertz CT molecular complexity index is 400. The summed E-state index contributed by atoms with van der Waals surface area (Å²) in [5.41, 5.74) is 2.17. The maximum Gasteiger partial charge on any atom is 0.125 e. The largest absolute Gasteiger partial charge is 0.377 e. The van der Waals surface area contributed by atoms with Crippen molar-refractivity contribution < 1.29 is 4.39 Å². The molecule has 0 saturated carbocycles. The van der Waals surface area contributed by atoms with Crippen LogP contribution in [0.1, 0.15) is 18.5 Å². The number of halogens is 1. The maximum atomic E-state index is 13.4. The molecule has 0 aromatic heterocycles. The SMILES string of the molecule is CC(c1ccc(F)cc1N(C)C)N1CCNCC1. The highest BCUT2D eigenvalue weighted by Crippen LogP contribution is 2.29. The van der Waals surface area contributed by atoms with Crippen LogP contribution in [0.4, 0.5) is 10.1 Å². The molecule has 0 aliphatic carbocycles. The first kappa shape index (κ1) is 13.3. The quantitative estimate of drug-likeness (QED) is 0.884. The zero-order valence-corrected chi connectivity index (χ0v) is 11.4. The summed E-state index contributed by atoms with van der Waals surface area (Å²) in [4.78, 5) is 4.42. The first-order valence-corrected chi connectivity index (χ1v) is 6.51. The summed E-state index contributed by atoms with van der Waals surface area (Å²) in [6, 6.07) is 5.41. The van der Waals surface area contributed by atoms with Crippen LogP contribution in [0.25, 0.3) is 0 Å². The van der Waals surface area contributed by atoms with Crippen molar-refractivity contribution in [1.29, 1.82) is 0 Å².